The number of pyridine rings is 1. The van der Waals surface area contributed by atoms with Crippen molar-refractivity contribution in [3.63, 3.8) is 0 Å². The van der Waals surface area contributed by atoms with Gasteiger partial charge in [0.25, 0.3) is 0 Å². The standard InChI is InChI=1S/C19H21N7/c1-5-20-6-2-14(1)12-24-18-11-16(15-3-7-21-8-4-15)25-19(26-18)17-13-22-9-10-23-17/h3-4,7-11,13-14,20H,1-2,5-6,12H2,(H,24,25,26). The Morgan fingerprint density at radius 2 is 1.81 bits per heavy atom. The van der Waals surface area contributed by atoms with E-state index < -0.39 is 0 Å². The molecule has 0 bridgehead atoms. The maximum atomic E-state index is 4.68. The minimum Gasteiger partial charge on any atom is -0.370 e. The molecule has 3 aromatic heterocycles. The highest BCUT2D eigenvalue weighted by atomic mass is 15.0. The summed E-state index contributed by atoms with van der Waals surface area (Å²) in [5, 5.41) is 6.89. The average molecular weight is 347 g/mol. The first-order valence-corrected chi connectivity index (χ1v) is 8.89. The van der Waals surface area contributed by atoms with Crippen molar-refractivity contribution in [2.24, 2.45) is 5.92 Å². The minimum atomic E-state index is 0.570. The molecule has 3 aromatic rings. The lowest BCUT2D eigenvalue weighted by Gasteiger charge is -2.23. The van der Waals surface area contributed by atoms with Crippen LogP contribution in [0.15, 0.2) is 49.2 Å². The van der Waals surface area contributed by atoms with Crippen LogP contribution in [0, 0.1) is 5.92 Å². The van der Waals surface area contributed by atoms with Gasteiger partial charge in [-0.3, -0.25) is 9.97 Å². The van der Waals surface area contributed by atoms with Crippen molar-refractivity contribution >= 4 is 5.82 Å². The van der Waals surface area contributed by atoms with E-state index in [2.05, 4.69) is 35.6 Å². The van der Waals surface area contributed by atoms with Crippen LogP contribution >= 0.6 is 0 Å². The molecular weight excluding hydrogens is 326 g/mol. The van der Waals surface area contributed by atoms with Crippen LogP contribution in [0.25, 0.3) is 22.8 Å². The van der Waals surface area contributed by atoms with Gasteiger partial charge in [0.1, 0.15) is 11.5 Å². The van der Waals surface area contributed by atoms with E-state index in [0.29, 0.717) is 17.4 Å². The Bertz CT molecular complexity index is 775. The molecule has 0 aliphatic carbocycles. The Morgan fingerprint density at radius 3 is 2.58 bits per heavy atom. The fraction of sp³-hybridized carbons (Fsp3) is 0.316. The molecule has 0 unspecified atom stereocenters. The Hall–Kier alpha value is -2.93. The SMILES string of the molecule is c1cc(-c2cc(NCC3CCNCC3)nc(-c3cnccn3)n2)ccn1. The molecule has 7 nitrogen and oxygen atoms in total. The third-order valence-corrected chi connectivity index (χ3v) is 4.53. The van der Waals surface area contributed by atoms with Crippen LogP contribution in [0.4, 0.5) is 5.82 Å². The predicted octanol–water partition coefficient (Wildman–Crippen LogP) is 2.41. The second-order valence-corrected chi connectivity index (χ2v) is 6.36. The fourth-order valence-electron chi connectivity index (χ4n) is 3.07. The van der Waals surface area contributed by atoms with E-state index in [-0.39, 0.29) is 0 Å². The molecule has 4 heterocycles. The van der Waals surface area contributed by atoms with Crippen LogP contribution in [-0.4, -0.2) is 44.6 Å². The molecule has 7 heteroatoms. The van der Waals surface area contributed by atoms with Crippen molar-refractivity contribution < 1.29 is 0 Å². The normalized spacial score (nSPS) is 14.9. The van der Waals surface area contributed by atoms with Crippen LogP contribution in [0.1, 0.15) is 12.8 Å². The smallest absolute Gasteiger partial charge is 0.182 e. The highest BCUT2D eigenvalue weighted by molar-refractivity contribution is 5.65. The molecule has 0 atom stereocenters. The lowest BCUT2D eigenvalue weighted by molar-refractivity contribution is 0.389. The van der Waals surface area contributed by atoms with Crippen LogP contribution < -0.4 is 10.6 Å². The van der Waals surface area contributed by atoms with Gasteiger partial charge in [-0.1, -0.05) is 0 Å². The molecule has 0 radical (unpaired) electrons. The molecule has 0 aromatic carbocycles. The van der Waals surface area contributed by atoms with Gasteiger partial charge in [-0.2, -0.15) is 0 Å². The van der Waals surface area contributed by atoms with Crippen molar-refractivity contribution in [3.05, 3.63) is 49.2 Å². The summed E-state index contributed by atoms with van der Waals surface area (Å²) in [5.74, 6) is 2.04. The highest BCUT2D eigenvalue weighted by Gasteiger charge is 2.14. The molecule has 132 valence electrons. The number of piperidine rings is 1. The molecule has 4 rings (SSSR count). The summed E-state index contributed by atoms with van der Waals surface area (Å²) < 4.78 is 0. The molecule has 1 aliphatic rings. The number of anilines is 1. The molecule has 1 fully saturated rings. The summed E-state index contributed by atoms with van der Waals surface area (Å²) in [4.78, 5) is 21.9. The maximum absolute atomic E-state index is 4.68. The van der Waals surface area contributed by atoms with Crippen molar-refractivity contribution in [1.82, 2.24) is 30.2 Å². The molecule has 0 saturated carbocycles. The Labute approximate surface area is 152 Å². The number of hydrogen-bond donors (Lipinski definition) is 2. The van der Waals surface area contributed by atoms with Gasteiger partial charge < -0.3 is 10.6 Å². The number of nitrogens with zero attached hydrogens (tertiary/aromatic N) is 5. The number of rotatable bonds is 5. The zero-order valence-electron chi connectivity index (χ0n) is 14.5. The highest BCUT2D eigenvalue weighted by Crippen LogP contribution is 2.23. The quantitative estimate of drug-likeness (QED) is 0.732. The van der Waals surface area contributed by atoms with E-state index in [9.17, 15) is 0 Å². The number of hydrogen-bond acceptors (Lipinski definition) is 7. The van der Waals surface area contributed by atoms with E-state index in [1.165, 1.54) is 12.8 Å². The van der Waals surface area contributed by atoms with Crippen molar-refractivity contribution in [3.8, 4) is 22.8 Å². The average Bonchev–Trinajstić information content (AvgIpc) is 2.74. The van der Waals surface area contributed by atoms with E-state index >= 15 is 0 Å². The third kappa shape index (κ3) is 4.00. The monoisotopic (exact) mass is 347 g/mol. The van der Waals surface area contributed by atoms with E-state index in [1.54, 1.807) is 31.0 Å². The summed E-state index contributed by atoms with van der Waals surface area (Å²) in [6, 6.07) is 5.87. The van der Waals surface area contributed by atoms with Gasteiger partial charge in [0, 0.05) is 43.0 Å². The van der Waals surface area contributed by atoms with Crippen molar-refractivity contribution in [2.45, 2.75) is 12.8 Å². The van der Waals surface area contributed by atoms with Crippen LogP contribution in [-0.2, 0) is 0 Å². The summed E-state index contributed by atoms with van der Waals surface area (Å²) in [7, 11) is 0. The van der Waals surface area contributed by atoms with Gasteiger partial charge in [-0.25, -0.2) is 15.0 Å². The maximum Gasteiger partial charge on any atom is 0.182 e. The zero-order chi connectivity index (χ0) is 17.6. The first-order valence-electron chi connectivity index (χ1n) is 8.89. The Morgan fingerprint density at radius 1 is 0.962 bits per heavy atom. The van der Waals surface area contributed by atoms with Crippen LogP contribution in [0.2, 0.25) is 0 Å². The zero-order valence-corrected chi connectivity index (χ0v) is 14.5. The minimum absolute atomic E-state index is 0.570. The largest absolute Gasteiger partial charge is 0.370 e. The summed E-state index contributed by atoms with van der Waals surface area (Å²) in [5.41, 5.74) is 2.50. The molecule has 26 heavy (non-hydrogen) atoms. The molecule has 1 aliphatic heterocycles. The predicted molar refractivity (Wildman–Crippen MR) is 100 cm³/mol. The van der Waals surface area contributed by atoms with Crippen molar-refractivity contribution in [1.29, 1.82) is 0 Å². The van der Waals surface area contributed by atoms with E-state index in [0.717, 1.165) is 36.7 Å². The van der Waals surface area contributed by atoms with E-state index in [1.807, 2.05) is 18.2 Å². The lowest BCUT2D eigenvalue weighted by atomic mass is 9.98. The van der Waals surface area contributed by atoms with Crippen LogP contribution in [0.3, 0.4) is 0 Å². The topological polar surface area (TPSA) is 88.5 Å². The van der Waals surface area contributed by atoms with Gasteiger partial charge >= 0.3 is 0 Å². The van der Waals surface area contributed by atoms with Crippen molar-refractivity contribution in [2.75, 3.05) is 25.0 Å². The van der Waals surface area contributed by atoms with Gasteiger partial charge in [0.15, 0.2) is 5.82 Å². The number of aromatic nitrogens is 5. The second kappa shape index (κ2) is 7.97. The van der Waals surface area contributed by atoms with E-state index in [4.69, 9.17) is 0 Å². The van der Waals surface area contributed by atoms with Crippen LogP contribution in [0.5, 0.6) is 0 Å². The Balaban J connectivity index is 1.64. The Kier molecular flexibility index (Phi) is 5.07. The summed E-state index contributed by atoms with van der Waals surface area (Å²) in [6.07, 6.45) is 10.9. The van der Waals surface area contributed by atoms with Gasteiger partial charge in [-0.15, -0.1) is 0 Å². The first kappa shape index (κ1) is 16.5. The number of nitrogens with one attached hydrogen (secondary N) is 2. The molecule has 0 amide bonds. The van der Waals surface area contributed by atoms with Gasteiger partial charge in [0.2, 0.25) is 0 Å². The molecular formula is C19H21N7. The summed E-state index contributed by atoms with van der Waals surface area (Å²) >= 11 is 0. The third-order valence-electron chi connectivity index (χ3n) is 4.53. The molecule has 0 spiro atoms. The summed E-state index contributed by atoms with van der Waals surface area (Å²) in [6.45, 7) is 3.08. The second-order valence-electron chi connectivity index (χ2n) is 6.36. The fourth-order valence-corrected chi connectivity index (χ4v) is 3.07. The molecule has 2 N–H and O–H groups in total. The lowest BCUT2D eigenvalue weighted by Crippen LogP contribution is -2.31. The van der Waals surface area contributed by atoms with Gasteiger partial charge in [0.05, 0.1) is 11.9 Å². The first-order chi connectivity index (χ1) is 12.9. The van der Waals surface area contributed by atoms with Gasteiger partial charge in [-0.05, 0) is 44.0 Å². The molecule has 1 saturated heterocycles.